The minimum absolute atomic E-state index is 0.325. The second-order valence-corrected chi connectivity index (χ2v) is 13.0. The van der Waals surface area contributed by atoms with E-state index in [0.717, 1.165) is 55.6 Å². The molecule has 8 aromatic carbocycles. The molecule has 1 aromatic heterocycles. The first-order valence-electron chi connectivity index (χ1n) is 17.3. The van der Waals surface area contributed by atoms with E-state index in [2.05, 4.69) is 145 Å². The normalized spacial score (nSPS) is 14.5. The summed E-state index contributed by atoms with van der Waals surface area (Å²) in [6.07, 6.45) is -0.325. The molecule has 240 valence electrons. The van der Waals surface area contributed by atoms with E-state index < -0.39 is 0 Å². The molecule has 0 saturated carbocycles. The Hall–Kier alpha value is -6.78. The number of fused-ring (bicyclic) bond motifs is 6. The quantitative estimate of drug-likeness (QED) is 0.188. The molecule has 51 heavy (non-hydrogen) atoms. The van der Waals surface area contributed by atoms with Gasteiger partial charge in [-0.05, 0) is 73.6 Å². The Labute approximate surface area is 295 Å². The van der Waals surface area contributed by atoms with Crippen molar-refractivity contribution in [1.82, 2.24) is 5.32 Å². The number of hydrogen-bond acceptors (Lipinski definition) is 4. The topological polar surface area (TPSA) is 49.9 Å². The molecule has 0 bridgehead atoms. The van der Waals surface area contributed by atoms with E-state index in [9.17, 15) is 0 Å². The van der Waals surface area contributed by atoms with Crippen molar-refractivity contribution in [2.75, 3.05) is 0 Å². The molecule has 1 N–H and O–H groups in total. The summed E-state index contributed by atoms with van der Waals surface area (Å²) >= 11 is 0. The first kappa shape index (κ1) is 29.2. The van der Waals surface area contributed by atoms with Crippen LogP contribution in [-0.2, 0) is 0 Å². The van der Waals surface area contributed by atoms with Crippen molar-refractivity contribution in [3.63, 3.8) is 0 Å². The van der Waals surface area contributed by atoms with E-state index in [-0.39, 0.29) is 6.17 Å². The SMILES string of the molecule is c1ccc(C2=NC(c3cccc4oc5ccc(-c6ccc7ccc8ccccc8c7c6)cc5c34)=NC(c3ccc(-c4ccccc4)cc3)N2)cc1. The van der Waals surface area contributed by atoms with E-state index >= 15 is 0 Å². The van der Waals surface area contributed by atoms with E-state index in [0.29, 0.717) is 5.84 Å². The molecule has 1 aliphatic heterocycles. The predicted molar refractivity (Wildman–Crippen MR) is 211 cm³/mol. The lowest BCUT2D eigenvalue weighted by atomic mass is 9.96. The Balaban J connectivity index is 1.11. The molecule has 10 rings (SSSR count). The molecule has 4 nitrogen and oxygen atoms in total. The average Bonchev–Trinajstić information content (AvgIpc) is 3.59. The summed E-state index contributed by atoms with van der Waals surface area (Å²) in [5.74, 6) is 1.45. The lowest BCUT2D eigenvalue weighted by Gasteiger charge is -2.24. The van der Waals surface area contributed by atoms with Gasteiger partial charge in [0.25, 0.3) is 0 Å². The highest BCUT2D eigenvalue weighted by molar-refractivity contribution is 6.22. The van der Waals surface area contributed by atoms with Crippen molar-refractivity contribution in [1.29, 1.82) is 0 Å². The Morgan fingerprint density at radius 1 is 0.451 bits per heavy atom. The van der Waals surface area contributed by atoms with Gasteiger partial charge in [0.05, 0.1) is 0 Å². The molecule has 0 radical (unpaired) electrons. The number of nitrogens with one attached hydrogen (secondary N) is 1. The molecule has 0 spiro atoms. The van der Waals surface area contributed by atoms with Gasteiger partial charge in [-0.25, -0.2) is 9.98 Å². The Kier molecular flexibility index (Phi) is 6.85. The lowest BCUT2D eigenvalue weighted by molar-refractivity contribution is 0.668. The first-order chi connectivity index (χ1) is 25.2. The highest BCUT2D eigenvalue weighted by Gasteiger charge is 2.24. The molecule has 0 saturated heterocycles. The van der Waals surface area contributed by atoms with Gasteiger partial charge in [0.2, 0.25) is 0 Å². The molecule has 1 aliphatic rings. The summed E-state index contributed by atoms with van der Waals surface area (Å²) in [5, 5.41) is 10.7. The van der Waals surface area contributed by atoms with Crippen LogP contribution >= 0.6 is 0 Å². The summed E-state index contributed by atoms with van der Waals surface area (Å²) in [6, 6.07) is 61.7. The smallest absolute Gasteiger partial charge is 0.160 e. The third-order valence-corrected chi connectivity index (χ3v) is 9.94. The standard InChI is InChI=1S/C47H31N3O/c1-3-10-30(11-4-1)31-18-23-35(24-19-31)46-48-45(34-13-5-2-6-14-34)49-47(50-46)39-16-9-17-43-44(39)41-29-37(26-27-42(41)51-43)36-25-22-33-21-20-32-12-7-8-15-38(32)40(33)28-36/h1-29,46H,(H,48,49,50). The molecular formula is C47H31N3O. The fourth-order valence-corrected chi connectivity index (χ4v) is 7.35. The van der Waals surface area contributed by atoms with Crippen molar-refractivity contribution >= 4 is 55.2 Å². The molecule has 4 heteroatoms. The molecule has 0 fully saturated rings. The number of amidine groups is 2. The largest absolute Gasteiger partial charge is 0.456 e. The van der Waals surface area contributed by atoms with Gasteiger partial charge >= 0.3 is 0 Å². The fraction of sp³-hybridized carbons (Fsp3) is 0.0213. The van der Waals surface area contributed by atoms with Crippen LogP contribution in [0.1, 0.15) is 22.9 Å². The van der Waals surface area contributed by atoms with Crippen LogP contribution in [0.3, 0.4) is 0 Å². The van der Waals surface area contributed by atoms with E-state index in [1.807, 2.05) is 36.4 Å². The van der Waals surface area contributed by atoms with Crippen LogP contribution in [0.4, 0.5) is 0 Å². The average molecular weight is 654 g/mol. The van der Waals surface area contributed by atoms with Gasteiger partial charge in [0.15, 0.2) is 5.84 Å². The Bertz CT molecular complexity index is 2820. The maximum Gasteiger partial charge on any atom is 0.160 e. The summed E-state index contributed by atoms with van der Waals surface area (Å²) in [5.41, 5.74) is 9.30. The zero-order valence-electron chi connectivity index (χ0n) is 27.6. The molecule has 1 atom stereocenters. The lowest BCUT2D eigenvalue weighted by Crippen LogP contribution is -2.33. The van der Waals surface area contributed by atoms with E-state index in [1.165, 1.54) is 32.7 Å². The second kappa shape index (κ2) is 12.0. The maximum absolute atomic E-state index is 6.46. The third-order valence-electron chi connectivity index (χ3n) is 9.94. The molecular weight excluding hydrogens is 623 g/mol. The van der Waals surface area contributed by atoms with E-state index in [4.69, 9.17) is 14.4 Å². The minimum atomic E-state index is -0.325. The van der Waals surface area contributed by atoms with Crippen molar-refractivity contribution in [3.8, 4) is 22.3 Å². The van der Waals surface area contributed by atoms with Gasteiger partial charge in [-0.1, -0.05) is 152 Å². The minimum Gasteiger partial charge on any atom is -0.456 e. The predicted octanol–water partition coefficient (Wildman–Crippen LogP) is 11.7. The highest BCUT2D eigenvalue weighted by atomic mass is 16.3. The summed E-state index contributed by atoms with van der Waals surface area (Å²) in [7, 11) is 0. The Morgan fingerprint density at radius 3 is 1.88 bits per heavy atom. The number of aliphatic imine (C=N–C) groups is 2. The van der Waals surface area contributed by atoms with Crippen LogP contribution < -0.4 is 5.32 Å². The maximum atomic E-state index is 6.46. The Morgan fingerprint density at radius 2 is 1.08 bits per heavy atom. The second-order valence-electron chi connectivity index (χ2n) is 13.0. The van der Waals surface area contributed by atoms with Crippen molar-refractivity contribution in [3.05, 3.63) is 193 Å². The van der Waals surface area contributed by atoms with Crippen molar-refractivity contribution in [2.24, 2.45) is 9.98 Å². The number of nitrogens with zero attached hydrogens (tertiary/aromatic N) is 2. The van der Waals surface area contributed by atoms with Gasteiger partial charge in [-0.3, -0.25) is 0 Å². The number of rotatable bonds is 5. The van der Waals surface area contributed by atoms with Crippen LogP contribution in [0, 0.1) is 0 Å². The molecule has 0 amide bonds. The summed E-state index contributed by atoms with van der Waals surface area (Å²) < 4.78 is 6.46. The van der Waals surface area contributed by atoms with Crippen LogP contribution in [0.2, 0.25) is 0 Å². The zero-order valence-corrected chi connectivity index (χ0v) is 27.6. The highest BCUT2D eigenvalue weighted by Crippen LogP contribution is 2.37. The monoisotopic (exact) mass is 653 g/mol. The molecule has 2 heterocycles. The van der Waals surface area contributed by atoms with Gasteiger partial charge in [0, 0.05) is 21.9 Å². The van der Waals surface area contributed by atoms with E-state index in [1.54, 1.807) is 0 Å². The van der Waals surface area contributed by atoms with Gasteiger partial charge in [-0.2, -0.15) is 0 Å². The van der Waals surface area contributed by atoms with Gasteiger partial charge in [-0.15, -0.1) is 0 Å². The third kappa shape index (κ3) is 5.17. The molecule has 1 unspecified atom stereocenters. The molecule has 9 aromatic rings. The van der Waals surface area contributed by atoms with Crippen LogP contribution in [0.15, 0.2) is 190 Å². The molecule has 0 aliphatic carbocycles. The zero-order chi connectivity index (χ0) is 33.7. The van der Waals surface area contributed by atoms with Gasteiger partial charge < -0.3 is 9.73 Å². The summed E-state index contributed by atoms with van der Waals surface area (Å²) in [4.78, 5) is 10.4. The number of benzene rings is 8. The van der Waals surface area contributed by atoms with Crippen LogP contribution in [0.25, 0.3) is 65.7 Å². The van der Waals surface area contributed by atoms with Crippen LogP contribution in [0.5, 0.6) is 0 Å². The number of furan rings is 1. The van der Waals surface area contributed by atoms with Crippen molar-refractivity contribution in [2.45, 2.75) is 6.17 Å². The summed E-state index contributed by atoms with van der Waals surface area (Å²) in [6.45, 7) is 0. The first-order valence-corrected chi connectivity index (χ1v) is 17.3. The number of hydrogen-bond donors (Lipinski definition) is 1. The van der Waals surface area contributed by atoms with Crippen molar-refractivity contribution < 1.29 is 4.42 Å². The fourth-order valence-electron chi connectivity index (χ4n) is 7.35. The van der Waals surface area contributed by atoms with Crippen LogP contribution in [-0.4, -0.2) is 11.7 Å². The van der Waals surface area contributed by atoms with Gasteiger partial charge in [0.1, 0.15) is 23.2 Å².